The first-order valence-electron chi connectivity index (χ1n) is 7.26. The van der Waals surface area contributed by atoms with Gasteiger partial charge in [0.1, 0.15) is 0 Å². The van der Waals surface area contributed by atoms with Gasteiger partial charge in [0.15, 0.2) is 0 Å². The van der Waals surface area contributed by atoms with E-state index in [4.69, 9.17) is 11.0 Å². The van der Waals surface area contributed by atoms with E-state index in [1.165, 1.54) is 10.4 Å². The lowest BCUT2D eigenvalue weighted by molar-refractivity contribution is -0.137. The predicted octanol–water partition coefficient (Wildman–Crippen LogP) is 2.75. The highest BCUT2D eigenvalue weighted by Crippen LogP contribution is 2.35. The van der Waals surface area contributed by atoms with Crippen molar-refractivity contribution in [3.8, 4) is 6.07 Å². The lowest BCUT2D eigenvalue weighted by Crippen LogP contribution is -2.53. The van der Waals surface area contributed by atoms with Crippen LogP contribution in [0.15, 0.2) is 23.1 Å². The van der Waals surface area contributed by atoms with E-state index in [0.29, 0.717) is 12.5 Å². The summed E-state index contributed by atoms with van der Waals surface area (Å²) in [6.45, 7) is 4.04. The van der Waals surface area contributed by atoms with Crippen LogP contribution in [-0.2, 0) is 16.2 Å². The van der Waals surface area contributed by atoms with Crippen molar-refractivity contribution in [2.45, 2.75) is 37.4 Å². The average Bonchev–Trinajstić information content (AvgIpc) is 2.48. The summed E-state index contributed by atoms with van der Waals surface area (Å²) in [6, 6.07) is 3.56. The monoisotopic (exact) mass is 397 g/mol. The molecule has 1 aromatic rings. The minimum atomic E-state index is -4.72. The van der Waals surface area contributed by atoms with E-state index < -0.39 is 32.7 Å². The average molecular weight is 398 g/mol. The standard InChI is InChI=1S/C15H18F3N3O2S.ClH/c1-14(2)9-21(6-5-13(14)20)24(22,23)11-3-4-12(15(16,17)18)10(7-11)8-19;/h3-4,7,13H,5-6,9,20H2,1-2H3;1H. The van der Waals surface area contributed by atoms with Gasteiger partial charge in [-0.15, -0.1) is 12.4 Å². The zero-order valence-electron chi connectivity index (χ0n) is 13.7. The van der Waals surface area contributed by atoms with Gasteiger partial charge >= 0.3 is 6.18 Å². The lowest BCUT2D eigenvalue weighted by atomic mass is 9.81. The predicted molar refractivity (Wildman–Crippen MR) is 88.5 cm³/mol. The molecule has 1 aromatic carbocycles. The first-order chi connectivity index (χ1) is 10.9. The summed E-state index contributed by atoms with van der Waals surface area (Å²) in [6.07, 6.45) is -4.26. The fourth-order valence-corrected chi connectivity index (χ4v) is 4.36. The maximum absolute atomic E-state index is 12.8. The van der Waals surface area contributed by atoms with Crippen LogP contribution in [0.1, 0.15) is 31.4 Å². The minimum absolute atomic E-state index is 0. The summed E-state index contributed by atoms with van der Waals surface area (Å²) in [5, 5.41) is 8.93. The van der Waals surface area contributed by atoms with Gasteiger partial charge in [0.05, 0.1) is 22.1 Å². The van der Waals surface area contributed by atoms with Crippen molar-refractivity contribution in [2.75, 3.05) is 13.1 Å². The molecule has 0 radical (unpaired) electrons. The number of sulfonamides is 1. The Hall–Kier alpha value is -1.34. The highest BCUT2D eigenvalue weighted by molar-refractivity contribution is 7.89. The van der Waals surface area contributed by atoms with E-state index in [1.54, 1.807) is 0 Å². The SMILES string of the molecule is CC1(C)CN(S(=O)(=O)c2ccc(C(F)(F)F)c(C#N)c2)CCC1N.Cl. The summed E-state index contributed by atoms with van der Waals surface area (Å²) in [4.78, 5) is -0.321. The van der Waals surface area contributed by atoms with Gasteiger partial charge in [0.2, 0.25) is 10.0 Å². The first kappa shape index (κ1) is 21.7. The third-order valence-corrected chi connectivity index (χ3v) is 6.17. The summed E-state index contributed by atoms with van der Waals surface area (Å²) < 4.78 is 65.1. The molecule has 1 fully saturated rings. The highest BCUT2D eigenvalue weighted by atomic mass is 35.5. The molecule has 2 rings (SSSR count). The van der Waals surface area contributed by atoms with Crippen LogP contribution in [0.2, 0.25) is 0 Å². The molecule has 0 bridgehead atoms. The normalized spacial score (nSPS) is 21.2. The van der Waals surface area contributed by atoms with Gasteiger partial charge in [-0.1, -0.05) is 13.8 Å². The summed E-state index contributed by atoms with van der Waals surface area (Å²) in [5.41, 5.74) is 3.67. The van der Waals surface area contributed by atoms with E-state index in [0.717, 1.165) is 12.1 Å². The Kier molecular flexibility index (Phi) is 6.17. The third-order valence-electron chi connectivity index (χ3n) is 4.33. The summed E-state index contributed by atoms with van der Waals surface area (Å²) in [7, 11) is -3.99. The number of piperidine rings is 1. The molecular weight excluding hydrogens is 379 g/mol. The minimum Gasteiger partial charge on any atom is -0.327 e. The molecule has 25 heavy (non-hydrogen) atoms. The molecule has 0 amide bonds. The number of nitrogens with zero attached hydrogens (tertiary/aromatic N) is 2. The van der Waals surface area contributed by atoms with Crippen LogP contribution in [-0.4, -0.2) is 31.9 Å². The Labute approximate surface area is 151 Å². The number of nitriles is 1. The molecule has 0 spiro atoms. The lowest BCUT2D eigenvalue weighted by Gasteiger charge is -2.41. The molecular formula is C15H19ClF3N3O2S. The van der Waals surface area contributed by atoms with Crippen LogP contribution in [0.5, 0.6) is 0 Å². The Morgan fingerprint density at radius 1 is 1.36 bits per heavy atom. The molecule has 1 atom stereocenters. The number of hydrogen-bond acceptors (Lipinski definition) is 4. The van der Waals surface area contributed by atoms with Gasteiger partial charge < -0.3 is 5.73 Å². The number of alkyl halides is 3. The van der Waals surface area contributed by atoms with Crippen LogP contribution < -0.4 is 5.73 Å². The quantitative estimate of drug-likeness (QED) is 0.831. The van der Waals surface area contributed by atoms with Crippen molar-refractivity contribution in [2.24, 2.45) is 11.1 Å². The molecule has 140 valence electrons. The van der Waals surface area contributed by atoms with Gasteiger partial charge in [0.25, 0.3) is 0 Å². The Bertz CT molecular complexity index is 788. The Morgan fingerprint density at radius 2 is 1.96 bits per heavy atom. The van der Waals surface area contributed by atoms with Crippen molar-refractivity contribution < 1.29 is 21.6 Å². The third kappa shape index (κ3) is 4.26. The van der Waals surface area contributed by atoms with Crippen molar-refractivity contribution in [3.05, 3.63) is 29.3 Å². The Morgan fingerprint density at radius 3 is 2.44 bits per heavy atom. The molecule has 0 aromatic heterocycles. The van der Waals surface area contributed by atoms with Gasteiger partial charge in [0, 0.05) is 19.1 Å². The zero-order valence-corrected chi connectivity index (χ0v) is 15.3. The summed E-state index contributed by atoms with van der Waals surface area (Å²) >= 11 is 0. The van der Waals surface area contributed by atoms with Crippen molar-refractivity contribution >= 4 is 22.4 Å². The topological polar surface area (TPSA) is 87.2 Å². The maximum atomic E-state index is 12.8. The van der Waals surface area contributed by atoms with E-state index in [1.807, 2.05) is 13.8 Å². The van der Waals surface area contributed by atoms with Crippen LogP contribution in [0, 0.1) is 16.7 Å². The van der Waals surface area contributed by atoms with Gasteiger partial charge in [-0.25, -0.2) is 8.42 Å². The smallest absolute Gasteiger partial charge is 0.327 e. The zero-order chi connectivity index (χ0) is 18.3. The fraction of sp³-hybridized carbons (Fsp3) is 0.533. The number of halogens is 4. The molecule has 0 aliphatic carbocycles. The maximum Gasteiger partial charge on any atom is 0.417 e. The van der Waals surface area contributed by atoms with E-state index >= 15 is 0 Å². The molecule has 1 aliphatic heterocycles. The second kappa shape index (κ2) is 7.11. The van der Waals surface area contributed by atoms with Gasteiger partial charge in [-0.2, -0.15) is 22.7 Å². The van der Waals surface area contributed by atoms with E-state index in [-0.39, 0.29) is 36.4 Å². The number of benzene rings is 1. The molecule has 5 nitrogen and oxygen atoms in total. The largest absolute Gasteiger partial charge is 0.417 e. The number of nitrogens with two attached hydrogens (primary N) is 1. The molecule has 10 heteroatoms. The van der Waals surface area contributed by atoms with E-state index in [9.17, 15) is 21.6 Å². The van der Waals surface area contributed by atoms with E-state index in [2.05, 4.69) is 0 Å². The molecule has 1 heterocycles. The second-order valence-electron chi connectivity index (χ2n) is 6.54. The first-order valence-corrected chi connectivity index (χ1v) is 8.70. The molecule has 2 N–H and O–H groups in total. The van der Waals surface area contributed by atoms with Crippen LogP contribution in [0.25, 0.3) is 0 Å². The Balaban J connectivity index is 0.00000312. The number of rotatable bonds is 2. The van der Waals surface area contributed by atoms with Crippen molar-refractivity contribution in [1.82, 2.24) is 4.31 Å². The number of hydrogen-bond donors (Lipinski definition) is 1. The fourth-order valence-electron chi connectivity index (χ4n) is 2.70. The summed E-state index contributed by atoms with van der Waals surface area (Å²) in [5.74, 6) is 0. The molecule has 0 saturated carbocycles. The highest BCUT2D eigenvalue weighted by Gasteiger charge is 2.40. The molecule has 1 saturated heterocycles. The van der Waals surface area contributed by atoms with Gasteiger partial charge in [-0.3, -0.25) is 0 Å². The van der Waals surface area contributed by atoms with Crippen molar-refractivity contribution in [3.63, 3.8) is 0 Å². The molecule has 1 aliphatic rings. The van der Waals surface area contributed by atoms with Crippen LogP contribution >= 0.6 is 12.4 Å². The molecule has 1 unspecified atom stereocenters. The van der Waals surface area contributed by atoms with Crippen LogP contribution in [0.3, 0.4) is 0 Å². The van der Waals surface area contributed by atoms with Gasteiger partial charge in [-0.05, 0) is 30.0 Å². The second-order valence-corrected chi connectivity index (χ2v) is 8.48. The van der Waals surface area contributed by atoms with Crippen LogP contribution in [0.4, 0.5) is 13.2 Å². The van der Waals surface area contributed by atoms with Crippen molar-refractivity contribution in [1.29, 1.82) is 5.26 Å².